The molecule has 2 aliphatic rings. The average molecular weight is 383 g/mol. The molecule has 1 amide bonds. The Hall–Kier alpha value is -2.13. The molecule has 2 saturated heterocycles. The number of nitrogens with zero attached hydrogens (tertiary/aromatic N) is 1. The van der Waals surface area contributed by atoms with Crippen LogP contribution in [0.5, 0.6) is 5.75 Å². The van der Waals surface area contributed by atoms with Gasteiger partial charge >= 0.3 is 5.97 Å². The van der Waals surface area contributed by atoms with Crippen LogP contribution in [-0.4, -0.2) is 70.0 Å². The summed E-state index contributed by atoms with van der Waals surface area (Å²) in [4.78, 5) is 26.4. The van der Waals surface area contributed by atoms with E-state index in [0.717, 1.165) is 6.26 Å². The summed E-state index contributed by atoms with van der Waals surface area (Å²) in [6, 6.07) is 4.09. The summed E-state index contributed by atoms with van der Waals surface area (Å²) >= 11 is 0. The van der Waals surface area contributed by atoms with Crippen molar-refractivity contribution in [3.63, 3.8) is 0 Å². The fourth-order valence-corrected chi connectivity index (χ4v) is 4.36. The Kier molecular flexibility index (Phi) is 4.70. The minimum atomic E-state index is -3.49. The quantitative estimate of drug-likeness (QED) is 0.813. The van der Waals surface area contributed by atoms with Gasteiger partial charge in [-0.2, -0.15) is 0 Å². The molecule has 0 aromatic heterocycles. The first-order valence-electron chi connectivity index (χ1n) is 8.17. The summed E-state index contributed by atoms with van der Waals surface area (Å²) in [5, 5.41) is 9.72. The lowest BCUT2D eigenvalue weighted by molar-refractivity contribution is -0.157. The molecule has 9 heteroatoms. The lowest BCUT2D eigenvalue weighted by Gasteiger charge is -2.33. The lowest BCUT2D eigenvalue weighted by Crippen LogP contribution is -2.45. The second-order valence-electron chi connectivity index (χ2n) is 6.80. The molecule has 142 valence electrons. The SMILES string of the molecule is COc1ccc(S(C)(=O)=O)cc1C(=O)N1C[C@H]2COCC[C@@]2(C(=O)O)C1. The van der Waals surface area contributed by atoms with Gasteiger partial charge in [0.2, 0.25) is 0 Å². The van der Waals surface area contributed by atoms with Crippen LogP contribution in [0.2, 0.25) is 0 Å². The lowest BCUT2D eigenvalue weighted by atomic mass is 9.74. The van der Waals surface area contributed by atoms with Crippen LogP contribution in [-0.2, 0) is 19.4 Å². The molecule has 1 aromatic carbocycles. The zero-order chi connectivity index (χ0) is 19.1. The first kappa shape index (κ1) is 18.7. The molecule has 0 radical (unpaired) electrons. The third kappa shape index (κ3) is 3.05. The molecule has 0 unspecified atom stereocenters. The zero-order valence-corrected chi connectivity index (χ0v) is 15.4. The minimum absolute atomic E-state index is 0.00884. The van der Waals surface area contributed by atoms with Gasteiger partial charge in [-0.1, -0.05) is 0 Å². The maximum absolute atomic E-state index is 13.0. The van der Waals surface area contributed by atoms with Crippen molar-refractivity contribution in [1.29, 1.82) is 0 Å². The minimum Gasteiger partial charge on any atom is -0.496 e. The predicted molar refractivity (Wildman–Crippen MR) is 91.0 cm³/mol. The molecule has 0 spiro atoms. The zero-order valence-electron chi connectivity index (χ0n) is 14.6. The molecule has 1 aromatic rings. The Morgan fingerprint density at radius 2 is 2.12 bits per heavy atom. The molecule has 26 heavy (non-hydrogen) atoms. The molecule has 2 fully saturated rings. The maximum Gasteiger partial charge on any atom is 0.311 e. The Morgan fingerprint density at radius 3 is 2.69 bits per heavy atom. The van der Waals surface area contributed by atoms with Crippen LogP contribution < -0.4 is 4.74 Å². The van der Waals surface area contributed by atoms with Crippen LogP contribution in [0.1, 0.15) is 16.8 Å². The number of carboxylic acids is 1. The Morgan fingerprint density at radius 1 is 1.38 bits per heavy atom. The van der Waals surface area contributed by atoms with E-state index in [9.17, 15) is 23.1 Å². The number of likely N-dealkylation sites (tertiary alicyclic amines) is 1. The van der Waals surface area contributed by atoms with Gasteiger partial charge in [0.15, 0.2) is 9.84 Å². The van der Waals surface area contributed by atoms with Gasteiger partial charge in [-0.25, -0.2) is 8.42 Å². The van der Waals surface area contributed by atoms with Crippen molar-refractivity contribution in [3.05, 3.63) is 23.8 Å². The van der Waals surface area contributed by atoms with Crippen LogP contribution in [0.3, 0.4) is 0 Å². The molecule has 3 rings (SSSR count). The van der Waals surface area contributed by atoms with Crippen molar-refractivity contribution < 1.29 is 32.6 Å². The van der Waals surface area contributed by atoms with Gasteiger partial charge in [0.05, 0.1) is 29.6 Å². The molecular weight excluding hydrogens is 362 g/mol. The Bertz CT molecular complexity index is 851. The first-order valence-corrected chi connectivity index (χ1v) is 10.1. The van der Waals surface area contributed by atoms with E-state index in [-0.39, 0.29) is 41.8 Å². The number of carboxylic acid groups (broad SMARTS) is 1. The monoisotopic (exact) mass is 383 g/mol. The van der Waals surface area contributed by atoms with E-state index in [1.54, 1.807) is 0 Å². The van der Waals surface area contributed by atoms with E-state index in [2.05, 4.69) is 0 Å². The Balaban J connectivity index is 1.96. The molecule has 2 atom stereocenters. The van der Waals surface area contributed by atoms with Gasteiger partial charge in [-0.05, 0) is 24.6 Å². The maximum atomic E-state index is 13.0. The average Bonchev–Trinajstić information content (AvgIpc) is 3.00. The van der Waals surface area contributed by atoms with E-state index in [1.165, 1.54) is 30.2 Å². The van der Waals surface area contributed by atoms with Crippen LogP contribution >= 0.6 is 0 Å². The normalized spacial score (nSPS) is 25.6. The highest BCUT2D eigenvalue weighted by atomic mass is 32.2. The summed E-state index contributed by atoms with van der Waals surface area (Å²) in [5.41, 5.74) is -0.911. The Labute approximate surface area is 151 Å². The smallest absolute Gasteiger partial charge is 0.311 e. The van der Waals surface area contributed by atoms with Crippen LogP contribution in [0.25, 0.3) is 0 Å². The number of amides is 1. The van der Waals surface area contributed by atoms with Gasteiger partial charge < -0.3 is 19.5 Å². The fourth-order valence-electron chi connectivity index (χ4n) is 3.71. The van der Waals surface area contributed by atoms with Crippen molar-refractivity contribution in [3.8, 4) is 5.75 Å². The van der Waals surface area contributed by atoms with Gasteiger partial charge in [-0.15, -0.1) is 0 Å². The number of benzene rings is 1. The van der Waals surface area contributed by atoms with Crippen molar-refractivity contribution in [2.45, 2.75) is 11.3 Å². The second kappa shape index (κ2) is 6.55. The molecular formula is C17H21NO7S. The largest absolute Gasteiger partial charge is 0.496 e. The second-order valence-corrected chi connectivity index (χ2v) is 8.82. The third-order valence-electron chi connectivity index (χ3n) is 5.25. The highest BCUT2D eigenvalue weighted by Crippen LogP contribution is 2.43. The van der Waals surface area contributed by atoms with E-state index in [4.69, 9.17) is 9.47 Å². The van der Waals surface area contributed by atoms with Crippen molar-refractivity contribution in [2.24, 2.45) is 11.3 Å². The van der Waals surface area contributed by atoms with E-state index in [0.29, 0.717) is 13.0 Å². The number of hydrogen-bond acceptors (Lipinski definition) is 6. The number of fused-ring (bicyclic) bond motifs is 1. The summed E-state index contributed by atoms with van der Waals surface area (Å²) < 4.78 is 34.2. The van der Waals surface area contributed by atoms with Crippen LogP contribution in [0.4, 0.5) is 0 Å². The van der Waals surface area contributed by atoms with Crippen LogP contribution in [0.15, 0.2) is 23.1 Å². The number of rotatable bonds is 4. The molecule has 8 nitrogen and oxygen atoms in total. The highest BCUT2D eigenvalue weighted by molar-refractivity contribution is 7.90. The van der Waals surface area contributed by atoms with Gasteiger partial charge in [0.1, 0.15) is 5.75 Å². The molecule has 0 bridgehead atoms. The summed E-state index contributed by atoms with van der Waals surface area (Å²) in [5.74, 6) is -1.42. The van der Waals surface area contributed by atoms with Gasteiger partial charge in [0.25, 0.3) is 5.91 Å². The van der Waals surface area contributed by atoms with Crippen molar-refractivity contribution >= 4 is 21.7 Å². The van der Waals surface area contributed by atoms with Gasteiger partial charge in [-0.3, -0.25) is 9.59 Å². The molecule has 2 heterocycles. The topological polar surface area (TPSA) is 110 Å². The number of hydrogen-bond donors (Lipinski definition) is 1. The van der Waals surface area contributed by atoms with E-state index >= 15 is 0 Å². The van der Waals surface area contributed by atoms with Gasteiger partial charge in [0, 0.05) is 31.9 Å². The first-order chi connectivity index (χ1) is 12.2. The van der Waals surface area contributed by atoms with Crippen molar-refractivity contribution in [2.75, 3.05) is 39.7 Å². The predicted octanol–water partition coefficient (Wildman–Crippen LogP) is 0.662. The number of aliphatic carboxylic acids is 1. The summed E-state index contributed by atoms with van der Waals surface area (Å²) in [6.45, 7) is 0.952. The number of sulfone groups is 1. The van der Waals surface area contributed by atoms with Crippen LogP contribution in [0, 0.1) is 11.3 Å². The third-order valence-corrected chi connectivity index (χ3v) is 6.36. The van der Waals surface area contributed by atoms with Crippen molar-refractivity contribution in [1.82, 2.24) is 4.90 Å². The van der Waals surface area contributed by atoms with E-state index in [1.807, 2.05) is 0 Å². The molecule has 1 N–H and O–H groups in total. The highest BCUT2D eigenvalue weighted by Gasteiger charge is 2.55. The summed E-state index contributed by atoms with van der Waals surface area (Å²) in [6.07, 6.45) is 1.40. The molecule has 0 aliphatic carbocycles. The fraction of sp³-hybridized carbons (Fsp3) is 0.529. The number of carbonyl (C=O) groups excluding carboxylic acids is 1. The summed E-state index contributed by atoms with van der Waals surface area (Å²) in [7, 11) is -2.10. The van der Waals surface area contributed by atoms with E-state index < -0.39 is 27.1 Å². The number of carbonyl (C=O) groups is 2. The number of methoxy groups -OCH3 is 1. The standard InChI is InChI=1S/C17H21NO7S/c1-24-14-4-3-12(26(2,22)23)7-13(14)15(19)18-8-11-9-25-6-5-17(11,10-18)16(20)21/h3-4,7,11H,5-6,8-10H2,1-2H3,(H,20,21)/t11-,17+/m0/s1. The number of ether oxygens (including phenoxy) is 2. The molecule has 0 saturated carbocycles. The molecule has 2 aliphatic heterocycles.